The Morgan fingerprint density at radius 3 is 2.56 bits per heavy atom. The van der Waals surface area contributed by atoms with Crippen LogP contribution in [0.5, 0.6) is 0 Å². The lowest BCUT2D eigenvalue weighted by Crippen LogP contribution is -2.41. The first-order valence-electron chi connectivity index (χ1n) is 5.84. The minimum absolute atomic E-state index is 0.00738. The summed E-state index contributed by atoms with van der Waals surface area (Å²) in [6.07, 6.45) is -4.11. The van der Waals surface area contributed by atoms with Crippen LogP contribution in [-0.2, 0) is 9.59 Å². The van der Waals surface area contributed by atoms with Crippen LogP contribution in [0.25, 0.3) is 0 Å². The highest BCUT2D eigenvalue weighted by Gasteiger charge is 2.34. The molecule has 0 spiro atoms. The maximum atomic E-state index is 12.1. The molecular formula is C11H16F3NO3. The molecule has 1 atom stereocenters. The molecule has 0 bridgehead atoms. The van der Waals surface area contributed by atoms with Gasteiger partial charge in [-0.1, -0.05) is 0 Å². The predicted molar refractivity (Wildman–Crippen MR) is 56.8 cm³/mol. The van der Waals surface area contributed by atoms with Crippen molar-refractivity contribution >= 4 is 11.9 Å². The van der Waals surface area contributed by atoms with Gasteiger partial charge in [0, 0.05) is 19.5 Å². The lowest BCUT2D eigenvalue weighted by molar-refractivity contribution is -0.162. The molecule has 1 rings (SSSR count). The van der Waals surface area contributed by atoms with Crippen molar-refractivity contribution < 1.29 is 27.9 Å². The zero-order valence-corrected chi connectivity index (χ0v) is 9.87. The van der Waals surface area contributed by atoms with Crippen molar-refractivity contribution in [2.75, 3.05) is 13.1 Å². The predicted octanol–water partition coefficient (Wildman–Crippen LogP) is 2.04. The molecule has 0 radical (unpaired) electrons. The molecule has 1 amide bonds. The Morgan fingerprint density at radius 2 is 2.00 bits per heavy atom. The highest BCUT2D eigenvalue weighted by Crippen LogP contribution is 2.25. The standard InChI is InChI=1S/C11H16F3NO3/c12-11(13,14)6-9(16)15-5-1-2-8(7-15)3-4-10(17)18/h8H,1-7H2,(H,17,18). The van der Waals surface area contributed by atoms with Crippen LogP contribution in [0.4, 0.5) is 13.2 Å². The van der Waals surface area contributed by atoms with Gasteiger partial charge < -0.3 is 10.0 Å². The van der Waals surface area contributed by atoms with Gasteiger partial charge in [-0.3, -0.25) is 9.59 Å². The molecule has 0 aromatic heterocycles. The van der Waals surface area contributed by atoms with Crippen LogP contribution in [0.15, 0.2) is 0 Å². The monoisotopic (exact) mass is 267 g/mol. The van der Waals surface area contributed by atoms with Gasteiger partial charge in [0.05, 0.1) is 0 Å². The van der Waals surface area contributed by atoms with Crippen molar-refractivity contribution in [2.45, 2.75) is 38.3 Å². The Labute approximate surface area is 103 Å². The normalized spacial score (nSPS) is 20.8. The SMILES string of the molecule is O=C(O)CCC1CCCN(C(=O)CC(F)(F)F)C1. The van der Waals surface area contributed by atoms with Gasteiger partial charge in [0.1, 0.15) is 6.42 Å². The highest BCUT2D eigenvalue weighted by atomic mass is 19.4. The van der Waals surface area contributed by atoms with Crippen LogP contribution in [0.1, 0.15) is 32.1 Å². The number of nitrogens with zero attached hydrogens (tertiary/aromatic N) is 1. The average Bonchev–Trinajstić information content (AvgIpc) is 2.24. The zero-order chi connectivity index (χ0) is 13.8. The molecule has 18 heavy (non-hydrogen) atoms. The lowest BCUT2D eigenvalue weighted by Gasteiger charge is -2.32. The van der Waals surface area contributed by atoms with E-state index < -0.39 is 24.5 Å². The molecule has 7 heteroatoms. The molecule has 0 aromatic rings. The van der Waals surface area contributed by atoms with E-state index in [1.54, 1.807) is 0 Å². The quantitative estimate of drug-likeness (QED) is 0.848. The number of carboxylic acids is 1. The molecule has 104 valence electrons. The summed E-state index contributed by atoms with van der Waals surface area (Å²) in [6, 6.07) is 0. The third-order valence-corrected chi connectivity index (χ3v) is 2.99. The summed E-state index contributed by atoms with van der Waals surface area (Å²) >= 11 is 0. The molecule has 0 aromatic carbocycles. The summed E-state index contributed by atoms with van der Waals surface area (Å²) in [5, 5.41) is 8.54. The minimum Gasteiger partial charge on any atom is -0.481 e. The van der Waals surface area contributed by atoms with Crippen LogP contribution in [0.2, 0.25) is 0 Å². The van der Waals surface area contributed by atoms with Gasteiger partial charge >= 0.3 is 12.1 Å². The van der Waals surface area contributed by atoms with Crippen molar-refractivity contribution in [1.29, 1.82) is 0 Å². The van der Waals surface area contributed by atoms with Crippen molar-refractivity contribution in [3.63, 3.8) is 0 Å². The molecular weight excluding hydrogens is 251 g/mol. The van der Waals surface area contributed by atoms with E-state index in [9.17, 15) is 22.8 Å². The van der Waals surface area contributed by atoms with Gasteiger partial charge in [0.25, 0.3) is 0 Å². The maximum absolute atomic E-state index is 12.1. The minimum atomic E-state index is -4.48. The van der Waals surface area contributed by atoms with Crippen LogP contribution >= 0.6 is 0 Å². The zero-order valence-electron chi connectivity index (χ0n) is 9.87. The molecule has 1 aliphatic rings. The number of piperidine rings is 1. The Bertz CT molecular complexity index is 317. The highest BCUT2D eigenvalue weighted by molar-refractivity contribution is 5.77. The fourth-order valence-electron chi connectivity index (χ4n) is 2.14. The van der Waals surface area contributed by atoms with Crippen molar-refractivity contribution in [3.05, 3.63) is 0 Å². The summed E-state index contributed by atoms with van der Waals surface area (Å²) in [6.45, 7) is 0.570. The Balaban J connectivity index is 2.43. The number of hydrogen-bond donors (Lipinski definition) is 1. The largest absolute Gasteiger partial charge is 0.481 e. The summed E-state index contributed by atoms with van der Waals surface area (Å²) < 4.78 is 36.3. The first kappa shape index (κ1) is 14.8. The number of alkyl halides is 3. The molecule has 0 saturated carbocycles. The third kappa shape index (κ3) is 5.37. The van der Waals surface area contributed by atoms with Crippen molar-refractivity contribution in [2.24, 2.45) is 5.92 Å². The number of hydrogen-bond acceptors (Lipinski definition) is 2. The fraction of sp³-hybridized carbons (Fsp3) is 0.818. The number of halogens is 3. The third-order valence-electron chi connectivity index (χ3n) is 2.99. The van der Waals surface area contributed by atoms with Crippen LogP contribution in [0.3, 0.4) is 0 Å². The number of rotatable bonds is 4. The van der Waals surface area contributed by atoms with E-state index in [0.29, 0.717) is 19.4 Å². The molecule has 1 fully saturated rings. The number of likely N-dealkylation sites (tertiary alicyclic amines) is 1. The van der Waals surface area contributed by atoms with E-state index in [4.69, 9.17) is 5.11 Å². The summed E-state index contributed by atoms with van der Waals surface area (Å²) in [4.78, 5) is 23.0. The van der Waals surface area contributed by atoms with E-state index >= 15 is 0 Å². The molecule has 1 saturated heterocycles. The number of carboxylic acid groups (broad SMARTS) is 1. The first-order chi connectivity index (χ1) is 8.28. The second-order valence-corrected chi connectivity index (χ2v) is 4.57. The lowest BCUT2D eigenvalue weighted by atomic mass is 9.93. The second kappa shape index (κ2) is 6.06. The molecule has 1 heterocycles. The average molecular weight is 267 g/mol. The van der Waals surface area contributed by atoms with Gasteiger partial charge in [-0.15, -0.1) is 0 Å². The Hall–Kier alpha value is -1.27. The van der Waals surface area contributed by atoms with Crippen molar-refractivity contribution in [3.8, 4) is 0 Å². The summed E-state index contributed by atoms with van der Waals surface area (Å²) in [7, 11) is 0. The van der Waals surface area contributed by atoms with E-state index in [1.807, 2.05) is 0 Å². The molecule has 1 unspecified atom stereocenters. The topological polar surface area (TPSA) is 57.6 Å². The van der Waals surface area contributed by atoms with Crippen molar-refractivity contribution in [1.82, 2.24) is 4.90 Å². The number of carbonyl (C=O) groups is 2. The first-order valence-corrected chi connectivity index (χ1v) is 5.84. The van der Waals surface area contributed by atoms with Crippen LogP contribution in [-0.4, -0.2) is 41.1 Å². The van der Waals surface area contributed by atoms with Crippen LogP contribution in [0, 0.1) is 5.92 Å². The molecule has 0 aliphatic carbocycles. The van der Waals surface area contributed by atoms with E-state index in [-0.39, 0.29) is 18.9 Å². The number of amides is 1. The van der Waals surface area contributed by atoms with Gasteiger partial charge in [-0.2, -0.15) is 13.2 Å². The maximum Gasteiger partial charge on any atom is 0.397 e. The van der Waals surface area contributed by atoms with Gasteiger partial charge in [0.2, 0.25) is 5.91 Å². The van der Waals surface area contributed by atoms with E-state index in [1.165, 1.54) is 4.90 Å². The fourth-order valence-corrected chi connectivity index (χ4v) is 2.14. The molecule has 1 aliphatic heterocycles. The van der Waals surface area contributed by atoms with Gasteiger partial charge in [-0.25, -0.2) is 0 Å². The molecule has 4 nitrogen and oxygen atoms in total. The number of carbonyl (C=O) groups excluding carboxylic acids is 1. The van der Waals surface area contributed by atoms with E-state index in [0.717, 1.165) is 6.42 Å². The van der Waals surface area contributed by atoms with Gasteiger partial charge in [0.15, 0.2) is 0 Å². The van der Waals surface area contributed by atoms with Crippen LogP contribution < -0.4 is 0 Å². The smallest absolute Gasteiger partial charge is 0.397 e. The summed E-state index contributed by atoms with van der Waals surface area (Å²) in [5.41, 5.74) is 0. The second-order valence-electron chi connectivity index (χ2n) is 4.57. The Kier molecular flexibility index (Phi) is 4.98. The molecule has 1 N–H and O–H groups in total. The van der Waals surface area contributed by atoms with Gasteiger partial charge in [-0.05, 0) is 25.2 Å². The summed E-state index contributed by atoms with van der Waals surface area (Å²) in [5.74, 6) is -1.84. The number of aliphatic carboxylic acids is 1. The Morgan fingerprint density at radius 1 is 1.33 bits per heavy atom. The van der Waals surface area contributed by atoms with E-state index in [2.05, 4.69) is 0 Å².